The van der Waals surface area contributed by atoms with Gasteiger partial charge in [-0.05, 0) is 47.6 Å². The van der Waals surface area contributed by atoms with E-state index in [1.54, 1.807) is 7.11 Å². The first-order valence-corrected chi connectivity index (χ1v) is 7.82. The molecule has 20 heavy (non-hydrogen) atoms. The zero-order valence-electron chi connectivity index (χ0n) is 12.1. The molecule has 1 aromatic rings. The Morgan fingerprint density at radius 3 is 2.55 bits per heavy atom. The van der Waals surface area contributed by atoms with Crippen LogP contribution in [-0.4, -0.2) is 25.4 Å². The molecule has 1 rings (SSSR count). The van der Waals surface area contributed by atoms with Crippen molar-refractivity contribution in [3.8, 4) is 0 Å². The minimum Gasteiger partial charge on any atom is -0.446 e. The van der Waals surface area contributed by atoms with Crippen LogP contribution in [-0.2, 0) is 9.47 Å². The van der Waals surface area contributed by atoms with Gasteiger partial charge in [0.2, 0.25) is 0 Å². The average molecular weight is 391 g/mol. The second-order valence-electron chi connectivity index (χ2n) is 4.75. The monoisotopic (exact) mass is 391 g/mol. The Bertz CT molecular complexity index is 439. The zero-order chi connectivity index (χ0) is 15.1. The van der Waals surface area contributed by atoms with Crippen LogP contribution in [0.25, 0.3) is 0 Å². The molecule has 4 nitrogen and oxygen atoms in total. The first-order chi connectivity index (χ1) is 9.51. The van der Waals surface area contributed by atoms with E-state index in [0.29, 0.717) is 0 Å². The number of carbonyl (C=O) groups excluding carboxylic acids is 1. The number of rotatable bonds is 7. The molecule has 3 atom stereocenters. The largest absolute Gasteiger partial charge is 0.446 e. The Hall–Kier alpha value is -0.820. The van der Waals surface area contributed by atoms with Crippen molar-refractivity contribution in [2.45, 2.75) is 44.8 Å². The predicted molar refractivity (Wildman–Crippen MR) is 87.7 cm³/mol. The Balaban J connectivity index is 3.12. The Kier molecular flexibility index (Phi) is 7.29. The van der Waals surface area contributed by atoms with E-state index < -0.39 is 6.09 Å². The van der Waals surface area contributed by atoms with E-state index in [1.807, 2.05) is 25.1 Å². The summed E-state index contributed by atoms with van der Waals surface area (Å²) in [6.45, 7) is 3.97. The molecule has 0 bridgehead atoms. The molecule has 0 aliphatic rings. The normalized spacial score (nSPS) is 15.4. The van der Waals surface area contributed by atoms with E-state index in [4.69, 9.17) is 15.2 Å². The third-order valence-electron chi connectivity index (χ3n) is 3.35. The summed E-state index contributed by atoms with van der Waals surface area (Å²) in [6.07, 6.45) is 0.810. The Morgan fingerprint density at radius 2 is 2.05 bits per heavy atom. The van der Waals surface area contributed by atoms with E-state index in [2.05, 4.69) is 35.6 Å². The minimum atomic E-state index is -0.750. The summed E-state index contributed by atoms with van der Waals surface area (Å²) < 4.78 is 12.0. The molecule has 1 amide bonds. The zero-order valence-corrected chi connectivity index (χ0v) is 14.3. The molecule has 0 heterocycles. The lowest BCUT2D eigenvalue weighted by Gasteiger charge is -2.31. The van der Waals surface area contributed by atoms with Crippen LogP contribution in [0.5, 0.6) is 0 Å². The number of ether oxygens (including phenoxy) is 2. The van der Waals surface area contributed by atoms with Gasteiger partial charge in [0.25, 0.3) is 0 Å². The lowest BCUT2D eigenvalue weighted by Crippen LogP contribution is -2.34. The van der Waals surface area contributed by atoms with Crippen LogP contribution < -0.4 is 5.73 Å². The van der Waals surface area contributed by atoms with Gasteiger partial charge in [0.1, 0.15) is 6.10 Å². The Labute approximate surface area is 134 Å². The number of halogens is 1. The van der Waals surface area contributed by atoms with Gasteiger partial charge in [-0.3, -0.25) is 0 Å². The molecule has 0 aliphatic carbocycles. The molecular formula is C15H22INO3. The van der Waals surface area contributed by atoms with Crippen LogP contribution >= 0.6 is 22.6 Å². The van der Waals surface area contributed by atoms with Gasteiger partial charge in [-0.15, -0.1) is 0 Å². The van der Waals surface area contributed by atoms with Crippen molar-refractivity contribution in [2.24, 2.45) is 5.73 Å². The van der Waals surface area contributed by atoms with Crippen molar-refractivity contribution in [1.82, 2.24) is 0 Å². The topological polar surface area (TPSA) is 61.6 Å². The van der Waals surface area contributed by atoms with Crippen molar-refractivity contribution < 1.29 is 14.3 Å². The molecule has 0 radical (unpaired) electrons. The second kappa shape index (κ2) is 8.46. The maximum Gasteiger partial charge on any atom is 0.404 e. The molecule has 0 fully saturated rings. The molecule has 1 aromatic carbocycles. The molecule has 2 N–H and O–H groups in total. The lowest BCUT2D eigenvalue weighted by molar-refractivity contribution is 0.0147. The van der Waals surface area contributed by atoms with E-state index in [0.717, 1.165) is 22.0 Å². The van der Waals surface area contributed by atoms with Crippen molar-refractivity contribution in [3.05, 3.63) is 33.4 Å². The van der Waals surface area contributed by atoms with E-state index in [9.17, 15) is 4.79 Å². The number of hydrogen-bond donors (Lipinski definition) is 1. The first kappa shape index (κ1) is 17.2. The molecule has 0 spiro atoms. The van der Waals surface area contributed by atoms with Gasteiger partial charge in [-0.2, -0.15) is 0 Å². The van der Waals surface area contributed by atoms with Gasteiger partial charge in [-0.1, -0.05) is 31.5 Å². The highest BCUT2D eigenvalue weighted by molar-refractivity contribution is 14.1. The summed E-state index contributed by atoms with van der Waals surface area (Å²) >= 11 is 2.29. The van der Waals surface area contributed by atoms with Gasteiger partial charge in [0, 0.05) is 16.6 Å². The first-order valence-electron chi connectivity index (χ1n) is 6.74. The van der Waals surface area contributed by atoms with Crippen molar-refractivity contribution in [2.75, 3.05) is 7.11 Å². The number of benzene rings is 1. The maximum atomic E-state index is 11.1. The molecular weight excluding hydrogens is 369 g/mol. The summed E-state index contributed by atoms with van der Waals surface area (Å²) in [6, 6.07) is 8.07. The van der Waals surface area contributed by atoms with Crippen molar-refractivity contribution in [1.29, 1.82) is 0 Å². The molecule has 0 saturated carbocycles. The van der Waals surface area contributed by atoms with Crippen LogP contribution in [0, 0.1) is 3.57 Å². The van der Waals surface area contributed by atoms with Gasteiger partial charge in [-0.25, -0.2) is 4.79 Å². The predicted octanol–water partition coefficient (Wildman–Crippen LogP) is 3.67. The van der Waals surface area contributed by atoms with Gasteiger partial charge >= 0.3 is 6.09 Å². The Morgan fingerprint density at radius 1 is 1.40 bits per heavy atom. The van der Waals surface area contributed by atoms with Crippen molar-refractivity contribution in [3.63, 3.8) is 0 Å². The highest BCUT2D eigenvalue weighted by Crippen LogP contribution is 2.32. The van der Waals surface area contributed by atoms with Gasteiger partial charge < -0.3 is 15.2 Å². The number of amides is 1. The van der Waals surface area contributed by atoms with Gasteiger partial charge in [0.15, 0.2) is 0 Å². The molecule has 0 saturated heterocycles. The van der Waals surface area contributed by atoms with Crippen molar-refractivity contribution >= 4 is 28.7 Å². The van der Waals surface area contributed by atoms with E-state index >= 15 is 0 Å². The number of methoxy groups -OCH3 is 1. The van der Waals surface area contributed by atoms with Crippen LogP contribution in [0.1, 0.15) is 38.2 Å². The van der Waals surface area contributed by atoms with Crippen LogP contribution in [0.15, 0.2) is 24.3 Å². The van der Waals surface area contributed by atoms with Crippen LogP contribution in [0.2, 0.25) is 0 Å². The molecule has 112 valence electrons. The van der Waals surface area contributed by atoms with Crippen LogP contribution in [0.3, 0.4) is 0 Å². The van der Waals surface area contributed by atoms with E-state index in [1.165, 1.54) is 0 Å². The summed E-state index contributed by atoms with van der Waals surface area (Å²) in [4.78, 5) is 11.1. The fourth-order valence-corrected chi connectivity index (χ4v) is 3.23. The smallest absolute Gasteiger partial charge is 0.404 e. The molecule has 5 heteroatoms. The molecule has 0 aromatic heterocycles. The quantitative estimate of drug-likeness (QED) is 0.722. The lowest BCUT2D eigenvalue weighted by atomic mass is 9.86. The standard InChI is InChI=1S/C15H22INO3/c1-4-7-13(19-3)14(10(2)20-15(17)18)11-8-5-6-9-12(11)16/h5-6,8-10,13-14H,4,7H2,1-3H3,(H2,17,18). The highest BCUT2D eigenvalue weighted by Gasteiger charge is 2.31. The summed E-state index contributed by atoms with van der Waals surface area (Å²) in [5.74, 6) is -0.0273. The number of carbonyl (C=O) groups is 1. The third kappa shape index (κ3) is 4.63. The summed E-state index contributed by atoms with van der Waals surface area (Å²) in [7, 11) is 1.69. The molecule has 3 unspecified atom stereocenters. The minimum absolute atomic E-state index is 0.00901. The third-order valence-corrected chi connectivity index (χ3v) is 4.33. The number of hydrogen-bond acceptors (Lipinski definition) is 3. The van der Waals surface area contributed by atoms with Crippen LogP contribution in [0.4, 0.5) is 4.79 Å². The molecule has 0 aliphatic heterocycles. The average Bonchev–Trinajstić information content (AvgIpc) is 2.39. The fraction of sp³-hybridized carbons (Fsp3) is 0.533. The highest BCUT2D eigenvalue weighted by atomic mass is 127. The second-order valence-corrected chi connectivity index (χ2v) is 5.91. The summed E-state index contributed by atoms with van der Waals surface area (Å²) in [5.41, 5.74) is 6.29. The van der Waals surface area contributed by atoms with Gasteiger partial charge in [0.05, 0.1) is 6.10 Å². The van der Waals surface area contributed by atoms with E-state index in [-0.39, 0.29) is 18.1 Å². The number of nitrogens with two attached hydrogens (primary N) is 1. The maximum absolute atomic E-state index is 11.1. The fourth-order valence-electron chi connectivity index (χ4n) is 2.49. The summed E-state index contributed by atoms with van der Waals surface area (Å²) in [5, 5.41) is 0. The number of primary amides is 1. The SMILES string of the molecule is CCCC(OC)C(c1ccccc1I)C(C)OC(N)=O.